The van der Waals surface area contributed by atoms with Crippen molar-refractivity contribution in [1.29, 1.82) is 0 Å². The van der Waals surface area contributed by atoms with E-state index in [9.17, 15) is 9.59 Å². The van der Waals surface area contributed by atoms with Crippen molar-refractivity contribution >= 4 is 29.2 Å². The number of carbonyl (C=O) groups excluding carboxylic acids is 2. The Labute approximate surface area is 182 Å². The molecule has 0 radical (unpaired) electrons. The molecule has 0 aromatic carbocycles. The third-order valence-corrected chi connectivity index (χ3v) is 4.95. The topological polar surface area (TPSA) is 101 Å². The number of likely N-dealkylation sites (N-methyl/N-ethyl adjacent to an activating group) is 1. The van der Waals surface area contributed by atoms with Crippen LogP contribution in [0.1, 0.15) is 48.0 Å². The van der Waals surface area contributed by atoms with Crippen LogP contribution in [0.3, 0.4) is 0 Å². The Morgan fingerprint density at radius 3 is 2.61 bits per heavy atom. The first-order valence-electron chi connectivity index (χ1n) is 10.4. The van der Waals surface area contributed by atoms with Crippen molar-refractivity contribution < 1.29 is 14.3 Å². The maximum absolute atomic E-state index is 12.8. The lowest BCUT2D eigenvalue weighted by Crippen LogP contribution is -2.54. The lowest BCUT2D eigenvalue weighted by Gasteiger charge is -2.42. The van der Waals surface area contributed by atoms with Crippen molar-refractivity contribution in [3.05, 3.63) is 24.7 Å². The van der Waals surface area contributed by atoms with Crippen LogP contribution in [0, 0.1) is 0 Å². The average Bonchev–Trinajstić information content (AvgIpc) is 2.68. The van der Waals surface area contributed by atoms with Crippen LogP contribution in [0.4, 0.5) is 22.0 Å². The minimum atomic E-state index is -0.626. The van der Waals surface area contributed by atoms with Gasteiger partial charge < -0.3 is 14.5 Å². The van der Waals surface area contributed by atoms with Gasteiger partial charge in [-0.15, -0.1) is 0 Å². The SMILES string of the molecule is CCC1C(=O)N(C)c2cnc(-c3ccncc3NC(=O)OC(C)(C)C)nc2N1C(C)C. The molecule has 3 heterocycles. The Bertz CT molecular complexity index is 985. The quantitative estimate of drug-likeness (QED) is 0.792. The summed E-state index contributed by atoms with van der Waals surface area (Å²) in [5.74, 6) is 1.14. The van der Waals surface area contributed by atoms with Crippen molar-refractivity contribution in [3.8, 4) is 11.4 Å². The Balaban J connectivity index is 2.04. The number of hydrogen-bond acceptors (Lipinski definition) is 7. The molecule has 0 bridgehead atoms. The number of rotatable bonds is 4. The summed E-state index contributed by atoms with van der Waals surface area (Å²) in [6, 6.07) is 1.52. The van der Waals surface area contributed by atoms with Gasteiger partial charge in [-0.3, -0.25) is 15.1 Å². The summed E-state index contributed by atoms with van der Waals surface area (Å²) in [6.07, 6.45) is 4.88. The van der Waals surface area contributed by atoms with E-state index in [0.29, 0.717) is 35.0 Å². The number of ether oxygens (including phenoxy) is 1. The summed E-state index contributed by atoms with van der Waals surface area (Å²) < 4.78 is 5.36. The van der Waals surface area contributed by atoms with Crippen molar-refractivity contribution in [1.82, 2.24) is 15.0 Å². The Morgan fingerprint density at radius 1 is 1.29 bits per heavy atom. The van der Waals surface area contributed by atoms with Gasteiger partial charge in [0.15, 0.2) is 11.6 Å². The molecule has 2 aromatic heterocycles. The Hall–Kier alpha value is -3.23. The fourth-order valence-electron chi connectivity index (χ4n) is 3.61. The maximum atomic E-state index is 12.8. The first kappa shape index (κ1) is 22.5. The van der Waals surface area contributed by atoms with Crippen LogP contribution in [0.15, 0.2) is 24.7 Å². The molecule has 1 atom stereocenters. The van der Waals surface area contributed by atoms with Gasteiger partial charge in [0, 0.05) is 24.8 Å². The molecular weight excluding hydrogens is 396 g/mol. The third kappa shape index (κ3) is 4.60. The molecular formula is C22H30N6O3. The summed E-state index contributed by atoms with van der Waals surface area (Å²) in [7, 11) is 1.74. The van der Waals surface area contributed by atoms with E-state index in [-0.39, 0.29) is 18.0 Å². The molecule has 2 aromatic rings. The highest BCUT2D eigenvalue weighted by Gasteiger charge is 2.38. The zero-order chi connectivity index (χ0) is 22.9. The monoisotopic (exact) mass is 426 g/mol. The van der Waals surface area contributed by atoms with Gasteiger partial charge in [-0.2, -0.15) is 0 Å². The predicted octanol–water partition coefficient (Wildman–Crippen LogP) is 3.86. The van der Waals surface area contributed by atoms with Crippen molar-refractivity contribution in [2.75, 3.05) is 22.2 Å². The summed E-state index contributed by atoms with van der Waals surface area (Å²) >= 11 is 0. The molecule has 0 saturated heterocycles. The van der Waals surface area contributed by atoms with E-state index in [2.05, 4.69) is 15.3 Å². The molecule has 2 amide bonds. The lowest BCUT2D eigenvalue weighted by atomic mass is 10.1. The molecule has 0 spiro atoms. The molecule has 1 unspecified atom stereocenters. The number of hydrogen-bond donors (Lipinski definition) is 1. The number of nitrogens with zero attached hydrogens (tertiary/aromatic N) is 5. The average molecular weight is 427 g/mol. The Morgan fingerprint density at radius 2 is 2.00 bits per heavy atom. The standard InChI is InChI=1S/C22H30N6O3/c1-8-16-20(29)27(7)17-12-24-18(26-19(17)28(16)13(2)3)14-9-10-23-11-15(14)25-21(30)31-22(4,5)6/h9-13,16H,8H2,1-7H3,(H,25,30). The second kappa shape index (κ2) is 8.49. The molecule has 1 aliphatic heterocycles. The fourth-order valence-corrected chi connectivity index (χ4v) is 3.61. The molecule has 9 nitrogen and oxygen atoms in total. The van der Waals surface area contributed by atoms with Gasteiger partial charge in [-0.05, 0) is 47.1 Å². The van der Waals surface area contributed by atoms with E-state index in [0.717, 1.165) is 0 Å². The highest BCUT2D eigenvalue weighted by Crippen LogP contribution is 2.37. The van der Waals surface area contributed by atoms with E-state index in [1.54, 1.807) is 51.2 Å². The first-order chi connectivity index (χ1) is 14.5. The third-order valence-electron chi connectivity index (χ3n) is 4.95. The van der Waals surface area contributed by atoms with Gasteiger partial charge in [0.25, 0.3) is 0 Å². The van der Waals surface area contributed by atoms with Crippen LogP contribution < -0.4 is 15.1 Å². The number of carbonyl (C=O) groups is 2. The lowest BCUT2D eigenvalue weighted by molar-refractivity contribution is -0.120. The van der Waals surface area contributed by atoms with Crippen molar-refractivity contribution in [2.24, 2.45) is 0 Å². The highest BCUT2D eigenvalue weighted by atomic mass is 16.6. The molecule has 166 valence electrons. The summed E-state index contributed by atoms with van der Waals surface area (Å²) in [5.41, 5.74) is 1.08. The molecule has 9 heteroatoms. The van der Waals surface area contributed by atoms with Gasteiger partial charge in [-0.1, -0.05) is 6.92 Å². The van der Waals surface area contributed by atoms with Gasteiger partial charge in [0.1, 0.15) is 17.3 Å². The number of pyridine rings is 1. The number of nitrogens with one attached hydrogen (secondary N) is 1. The van der Waals surface area contributed by atoms with Crippen LogP contribution in [-0.4, -0.2) is 51.7 Å². The number of anilines is 3. The summed E-state index contributed by atoms with van der Waals surface area (Å²) in [5, 5.41) is 2.73. The smallest absolute Gasteiger partial charge is 0.412 e. The Kier molecular flexibility index (Phi) is 6.15. The largest absolute Gasteiger partial charge is 0.444 e. The molecule has 1 aliphatic rings. The molecule has 0 aliphatic carbocycles. The zero-order valence-corrected chi connectivity index (χ0v) is 19.1. The van der Waals surface area contributed by atoms with Gasteiger partial charge >= 0.3 is 6.09 Å². The van der Waals surface area contributed by atoms with Crippen LogP contribution in [-0.2, 0) is 9.53 Å². The summed E-state index contributed by atoms with van der Waals surface area (Å²) in [4.78, 5) is 42.2. The van der Waals surface area contributed by atoms with E-state index in [1.165, 1.54) is 6.20 Å². The first-order valence-corrected chi connectivity index (χ1v) is 10.4. The molecule has 31 heavy (non-hydrogen) atoms. The minimum Gasteiger partial charge on any atom is -0.444 e. The normalized spacial score (nSPS) is 16.4. The van der Waals surface area contributed by atoms with Crippen molar-refractivity contribution in [2.45, 2.75) is 65.6 Å². The predicted molar refractivity (Wildman–Crippen MR) is 120 cm³/mol. The van der Waals surface area contributed by atoms with Gasteiger partial charge in [0.2, 0.25) is 5.91 Å². The van der Waals surface area contributed by atoms with E-state index in [4.69, 9.17) is 9.72 Å². The summed E-state index contributed by atoms with van der Waals surface area (Å²) in [6.45, 7) is 11.5. The van der Waals surface area contributed by atoms with Crippen LogP contribution in [0.25, 0.3) is 11.4 Å². The van der Waals surface area contributed by atoms with Gasteiger partial charge in [0.05, 0.1) is 18.1 Å². The minimum absolute atomic E-state index is 0.0243. The number of amides is 2. The van der Waals surface area contributed by atoms with Crippen molar-refractivity contribution in [3.63, 3.8) is 0 Å². The van der Waals surface area contributed by atoms with Crippen LogP contribution in [0.5, 0.6) is 0 Å². The maximum Gasteiger partial charge on any atom is 0.412 e. The highest BCUT2D eigenvalue weighted by molar-refractivity contribution is 6.04. The molecule has 0 fully saturated rings. The second-order valence-electron chi connectivity index (χ2n) is 8.77. The molecule has 1 N–H and O–H groups in total. The zero-order valence-electron chi connectivity index (χ0n) is 19.1. The second-order valence-corrected chi connectivity index (χ2v) is 8.77. The van der Waals surface area contributed by atoms with E-state index < -0.39 is 11.7 Å². The van der Waals surface area contributed by atoms with Crippen LogP contribution in [0.2, 0.25) is 0 Å². The van der Waals surface area contributed by atoms with Gasteiger partial charge in [-0.25, -0.2) is 14.8 Å². The fraction of sp³-hybridized carbons (Fsp3) is 0.500. The van der Waals surface area contributed by atoms with E-state index >= 15 is 0 Å². The molecule has 0 saturated carbocycles. The number of fused-ring (bicyclic) bond motifs is 1. The van der Waals surface area contributed by atoms with E-state index in [1.807, 2.05) is 25.7 Å². The number of aromatic nitrogens is 3. The molecule has 3 rings (SSSR count). The van der Waals surface area contributed by atoms with Crippen LogP contribution >= 0.6 is 0 Å².